The molecule has 0 bridgehead atoms. The second-order valence-electron chi connectivity index (χ2n) is 5.79. The number of aromatic nitrogens is 2. The molecule has 1 aromatic heterocycles. The molecule has 0 amide bonds. The number of carbonyl (C=O) groups excluding carboxylic acids is 1. The first-order valence-electron chi connectivity index (χ1n) is 8.37. The van der Waals surface area contributed by atoms with Gasteiger partial charge in [0, 0.05) is 12.0 Å². The van der Waals surface area contributed by atoms with E-state index in [0.29, 0.717) is 18.7 Å². The lowest BCUT2D eigenvalue weighted by Gasteiger charge is -2.09. The fourth-order valence-electron chi connectivity index (χ4n) is 2.45. The minimum absolute atomic E-state index is 0.267. The van der Waals surface area contributed by atoms with Gasteiger partial charge in [-0.25, -0.2) is 0 Å². The third kappa shape index (κ3) is 4.47. The van der Waals surface area contributed by atoms with Crippen molar-refractivity contribution in [3.63, 3.8) is 0 Å². The van der Waals surface area contributed by atoms with E-state index in [1.54, 1.807) is 14.0 Å². The van der Waals surface area contributed by atoms with E-state index in [9.17, 15) is 4.79 Å². The summed E-state index contributed by atoms with van der Waals surface area (Å²) in [6.45, 7) is 1.71. The van der Waals surface area contributed by atoms with E-state index in [1.807, 2.05) is 54.6 Å². The second-order valence-corrected chi connectivity index (χ2v) is 5.79. The van der Waals surface area contributed by atoms with Crippen molar-refractivity contribution < 1.29 is 18.7 Å². The molecule has 0 saturated heterocycles. The molecular formula is C20H20N2O4. The number of rotatable bonds is 7. The van der Waals surface area contributed by atoms with Gasteiger partial charge in [-0.05, 0) is 43.2 Å². The molecule has 0 aliphatic heterocycles. The van der Waals surface area contributed by atoms with Gasteiger partial charge in [0.25, 0.3) is 5.89 Å². The Balaban J connectivity index is 1.57. The number of benzene rings is 2. The van der Waals surface area contributed by atoms with Gasteiger partial charge in [0.05, 0.1) is 7.11 Å². The van der Waals surface area contributed by atoms with Crippen molar-refractivity contribution in [3.05, 3.63) is 66.1 Å². The molecule has 26 heavy (non-hydrogen) atoms. The van der Waals surface area contributed by atoms with Crippen molar-refractivity contribution in [3.8, 4) is 17.2 Å². The Hall–Kier alpha value is -3.15. The minimum atomic E-state index is -0.599. The molecule has 1 heterocycles. The molecule has 0 radical (unpaired) electrons. The standard InChI is InChI=1S/C20H20N2O4/c1-14(25-18(23)13-8-15-6-4-3-5-7-15)19-21-22-20(26-19)16-9-11-17(24-2)12-10-16/h3-7,9-12,14H,8,13H2,1-2H3/t14-/m1/s1. The summed E-state index contributed by atoms with van der Waals surface area (Å²) >= 11 is 0. The number of methoxy groups -OCH3 is 1. The topological polar surface area (TPSA) is 74.5 Å². The van der Waals surface area contributed by atoms with Crippen LogP contribution in [0.1, 0.15) is 30.9 Å². The van der Waals surface area contributed by atoms with Crippen molar-refractivity contribution in [1.29, 1.82) is 0 Å². The van der Waals surface area contributed by atoms with E-state index in [-0.39, 0.29) is 11.9 Å². The monoisotopic (exact) mass is 352 g/mol. The lowest BCUT2D eigenvalue weighted by Crippen LogP contribution is -2.10. The molecule has 0 saturated carbocycles. The van der Waals surface area contributed by atoms with Crippen LogP contribution >= 0.6 is 0 Å². The highest BCUT2D eigenvalue weighted by molar-refractivity contribution is 5.70. The molecule has 3 rings (SSSR count). The van der Waals surface area contributed by atoms with Gasteiger partial charge in [-0.1, -0.05) is 30.3 Å². The van der Waals surface area contributed by atoms with Gasteiger partial charge in [0.1, 0.15) is 5.75 Å². The average Bonchev–Trinajstić information content (AvgIpc) is 3.18. The van der Waals surface area contributed by atoms with Crippen LogP contribution in [0.25, 0.3) is 11.5 Å². The zero-order chi connectivity index (χ0) is 18.4. The van der Waals surface area contributed by atoms with Gasteiger partial charge < -0.3 is 13.9 Å². The summed E-state index contributed by atoms with van der Waals surface area (Å²) in [4.78, 5) is 12.0. The van der Waals surface area contributed by atoms with E-state index < -0.39 is 6.10 Å². The van der Waals surface area contributed by atoms with Crippen molar-refractivity contribution in [2.45, 2.75) is 25.9 Å². The van der Waals surface area contributed by atoms with Crippen LogP contribution in [0.15, 0.2) is 59.0 Å². The molecule has 6 nitrogen and oxygen atoms in total. The van der Waals surface area contributed by atoms with E-state index in [0.717, 1.165) is 16.9 Å². The molecule has 0 spiro atoms. The summed E-state index contributed by atoms with van der Waals surface area (Å²) in [6.07, 6.45) is 0.332. The van der Waals surface area contributed by atoms with Crippen molar-refractivity contribution in [1.82, 2.24) is 10.2 Å². The number of nitrogens with zero attached hydrogens (tertiary/aromatic N) is 2. The maximum Gasteiger partial charge on any atom is 0.306 e. The molecule has 0 aliphatic rings. The zero-order valence-corrected chi connectivity index (χ0v) is 14.7. The molecule has 3 aromatic rings. The third-order valence-electron chi connectivity index (χ3n) is 3.89. The van der Waals surface area contributed by atoms with E-state index in [4.69, 9.17) is 13.9 Å². The molecule has 0 aliphatic carbocycles. The van der Waals surface area contributed by atoms with Crippen LogP contribution in [0.3, 0.4) is 0 Å². The van der Waals surface area contributed by atoms with Gasteiger partial charge in [-0.2, -0.15) is 0 Å². The number of ether oxygens (including phenoxy) is 2. The molecule has 2 aromatic carbocycles. The van der Waals surface area contributed by atoms with Gasteiger partial charge >= 0.3 is 5.97 Å². The summed E-state index contributed by atoms with van der Waals surface area (Å²) < 4.78 is 16.1. The number of esters is 1. The SMILES string of the molecule is COc1ccc(-c2nnc([C@@H](C)OC(=O)CCc3ccccc3)o2)cc1. The van der Waals surface area contributed by atoms with Crippen LogP contribution in [0, 0.1) is 0 Å². The molecule has 1 atom stereocenters. The summed E-state index contributed by atoms with van der Waals surface area (Å²) in [5.74, 6) is 1.08. The normalized spacial score (nSPS) is 11.8. The van der Waals surface area contributed by atoms with Crippen LogP contribution in [-0.2, 0) is 16.0 Å². The highest BCUT2D eigenvalue weighted by Crippen LogP contribution is 2.24. The third-order valence-corrected chi connectivity index (χ3v) is 3.89. The van der Waals surface area contributed by atoms with Crippen molar-refractivity contribution in [2.24, 2.45) is 0 Å². The maximum absolute atomic E-state index is 12.0. The van der Waals surface area contributed by atoms with Crippen LogP contribution in [0.5, 0.6) is 5.75 Å². The Kier molecular flexibility index (Phi) is 5.63. The van der Waals surface area contributed by atoms with E-state index in [1.165, 1.54) is 0 Å². The van der Waals surface area contributed by atoms with Gasteiger partial charge in [0.15, 0.2) is 6.10 Å². The lowest BCUT2D eigenvalue weighted by atomic mass is 10.1. The van der Waals surface area contributed by atoms with Crippen LogP contribution in [0.4, 0.5) is 0 Å². The first-order chi connectivity index (χ1) is 12.7. The summed E-state index contributed by atoms with van der Waals surface area (Å²) in [5.41, 5.74) is 1.86. The number of hydrogen-bond acceptors (Lipinski definition) is 6. The predicted molar refractivity (Wildman–Crippen MR) is 95.6 cm³/mol. The van der Waals surface area contributed by atoms with Crippen molar-refractivity contribution in [2.75, 3.05) is 7.11 Å². The molecule has 134 valence electrons. The fourth-order valence-corrected chi connectivity index (χ4v) is 2.45. The van der Waals surface area contributed by atoms with Gasteiger partial charge in [0.2, 0.25) is 5.89 Å². The summed E-state index contributed by atoms with van der Waals surface area (Å²) in [6, 6.07) is 17.1. The first-order valence-corrected chi connectivity index (χ1v) is 8.37. The Morgan fingerprint density at radius 3 is 2.50 bits per heavy atom. The number of aryl methyl sites for hydroxylation is 1. The van der Waals surface area contributed by atoms with E-state index in [2.05, 4.69) is 10.2 Å². The zero-order valence-electron chi connectivity index (χ0n) is 14.7. The molecule has 0 unspecified atom stereocenters. The van der Waals surface area contributed by atoms with Crippen LogP contribution in [-0.4, -0.2) is 23.3 Å². The van der Waals surface area contributed by atoms with Gasteiger partial charge in [-0.3, -0.25) is 4.79 Å². The van der Waals surface area contributed by atoms with Gasteiger partial charge in [-0.15, -0.1) is 10.2 Å². The highest BCUT2D eigenvalue weighted by atomic mass is 16.6. The first kappa shape index (κ1) is 17.7. The Morgan fingerprint density at radius 1 is 1.08 bits per heavy atom. The predicted octanol–water partition coefficient (Wildman–Crippen LogP) is 3.98. The molecule has 0 N–H and O–H groups in total. The van der Waals surface area contributed by atoms with Crippen molar-refractivity contribution >= 4 is 5.97 Å². The summed E-state index contributed by atoms with van der Waals surface area (Å²) in [5, 5.41) is 8.00. The Labute approximate surface area is 151 Å². The molecule has 6 heteroatoms. The number of carbonyl (C=O) groups is 1. The smallest absolute Gasteiger partial charge is 0.306 e. The quantitative estimate of drug-likeness (QED) is 0.599. The van der Waals surface area contributed by atoms with E-state index >= 15 is 0 Å². The fraction of sp³-hybridized carbons (Fsp3) is 0.250. The molecule has 0 fully saturated rings. The minimum Gasteiger partial charge on any atom is -0.497 e. The number of hydrogen-bond donors (Lipinski definition) is 0. The second kappa shape index (κ2) is 8.29. The highest BCUT2D eigenvalue weighted by Gasteiger charge is 2.19. The Morgan fingerprint density at radius 2 is 1.81 bits per heavy atom. The summed E-state index contributed by atoms with van der Waals surface area (Å²) in [7, 11) is 1.60. The van der Waals surface area contributed by atoms with Crippen LogP contribution in [0.2, 0.25) is 0 Å². The maximum atomic E-state index is 12.0. The Bertz CT molecular complexity index is 844. The lowest BCUT2D eigenvalue weighted by molar-refractivity contribution is -0.149. The largest absolute Gasteiger partial charge is 0.497 e. The average molecular weight is 352 g/mol. The van der Waals surface area contributed by atoms with Crippen LogP contribution < -0.4 is 4.74 Å². The molecular weight excluding hydrogens is 332 g/mol.